The van der Waals surface area contributed by atoms with Crippen LogP contribution in [-0.4, -0.2) is 96.0 Å². The minimum Gasteiger partial charge on any atom is -0.462 e. The van der Waals surface area contributed by atoms with Crippen LogP contribution >= 0.6 is 0 Å². The predicted octanol–water partition coefficient (Wildman–Crippen LogP) is 9.39. The highest BCUT2D eigenvalue weighted by Crippen LogP contribution is 2.24. The van der Waals surface area contributed by atoms with Gasteiger partial charge < -0.3 is 34.3 Å². The first kappa shape index (κ1) is 54.9. The highest BCUT2D eigenvalue weighted by molar-refractivity contribution is 7.85. The Hall–Kier alpha value is -2.13. The van der Waals surface area contributed by atoms with Crippen LogP contribution in [0.5, 0.6) is 0 Å². The van der Waals surface area contributed by atoms with Gasteiger partial charge in [-0.05, 0) is 44.9 Å². The van der Waals surface area contributed by atoms with Crippen LogP contribution in [0.2, 0.25) is 0 Å². The topological polar surface area (TPSA) is 186 Å². The van der Waals surface area contributed by atoms with E-state index in [1.54, 1.807) is 0 Å². The SMILES string of the molecule is CCCCCCCC/C=C/C/C=C/C/C=C/CCCC(=O)O[C@H](COC(=O)CCCCCCCCCCCCCCCC)CO[C@H]1O[C@H](CS(=O)(=O)O)[C@@H](O)C(O)C1O. The maximum atomic E-state index is 12.8. The van der Waals surface area contributed by atoms with E-state index in [2.05, 4.69) is 38.2 Å². The molecule has 0 saturated carbocycles. The van der Waals surface area contributed by atoms with Gasteiger partial charge in [-0.15, -0.1) is 0 Å². The molecule has 6 atom stereocenters. The molecule has 0 aliphatic carbocycles. The Morgan fingerprint density at radius 1 is 0.576 bits per heavy atom. The van der Waals surface area contributed by atoms with Crippen molar-refractivity contribution < 1.29 is 56.8 Å². The van der Waals surface area contributed by atoms with Crippen molar-refractivity contribution in [2.45, 2.75) is 224 Å². The van der Waals surface area contributed by atoms with Gasteiger partial charge in [-0.25, -0.2) is 0 Å². The lowest BCUT2D eigenvalue weighted by atomic mass is 10.00. The Labute approximate surface area is 357 Å². The zero-order valence-electron chi connectivity index (χ0n) is 36.6. The standard InChI is InChI=1S/C46H82O12S/c1-3-5-7-9-11-13-15-17-19-20-21-23-25-27-29-31-33-35-42(48)57-39(37-56-46-45(51)44(50)43(49)40(58-46)38-59(52,53)54)36-55-41(47)34-32-30-28-26-24-22-18-16-14-12-10-8-6-4-2/h17,19,21,23,27,29,39-40,43-46,49-51H,3-16,18,20,22,24-26,28,30-38H2,1-2H3,(H,52,53,54)/b19-17+,23-21+,29-27+/t39-,40-,43-,44?,45?,46+/m1/s1. The number of allylic oxidation sites excluding steroid dienone is 6. The van der Waals surface area contributed by atoms with E-state index in [-0.39, 0.29) is 19.4 Å². The van der Waals surface area contributed by atoms with E-state index in [1.165, 1.54) is 103 Å². The number of ether oxygens (including phenoxy) is 4. The molecular weight excluding hydrogens is 777 g/mol. The second-order valence-corrected chi connectivity index (χ2v) is 17.6. The number of hydrogen-bond acceptors (Lipinski definition) is 11. The monoisotopic (exact) mass is 859 g/mol. The molecule has 1 aliphatic rings. The third kappa shape index (κ3) is 31.4. The minimum absolute atomic E-state index is 0.0942. The molecule has 1 saturated heterocycles. The highest BCUT2D eigenvalue weighted by atomic mass is 32.2. The van der Waals surface area contributed by atoms with Crippen molar-refractivity contribution in [3.63, 3.8) is 0 Å². The van der Waals surface area contributed by atoms with Crippen LogP contribution in [0.3, 0.4) is 0 Å². The molecule has 1 heterocycles. The van der Waals surface area contributed by atoms with Crippen LogP contribution in [0.1, 0.15) is 187 Å². The molecular formula is C46H82O12S. The first-order chi connectivity index (χ1) is 28.5. The average Bonchev–Trinajstić information content (AvgIpc) is 3.20. The molecule has 2 unspecified atom stereocenters. The van der Waals surface area contributed by atoms with E-state index >= 15 is 0 Å². The van der Waals surface area contributed by atoms with Crippen LogP contribution < -0.4 is 0 Å². The third-order valence-electron chi connectivity index (χ3n) is 10.5. The van der Waals surface area contributed by atoms with Crippen molar-refractivity contribution in [3.05, 3.63) is 36.5 Å². The lowest BCUT2D eigenvalue weighted by Gasteiger charge is -2.40. The molecule has 0 aromatic rings. The summed E-state index contributed by atoms with van der Waals surface area (Å²) in [6.07, 6.45) is 32.0. The maximum absolute atomic E-state index is 12.8. The summed E-state index contributed by atoms with van der Waals surface area (Å²) in [6.45, 7) is 3.71. The zero-order chi connectivity index (χ0) is 43.4. The van der Waals surface area contributed by atoms with Crippen molar-refractivity contribution in [1.29, 1.82) is 0 Å². The number of aliphatic hydroxyl groups excluding tert-OH is 3. The van der Waals surface area contributed by atoms with E-state index in [1.807, 2.05) is 12.2 Å². The third-order valence-corrected chi connectivity index (χ3v) is 11.2. The second-order valence-electron chi connectivity index (χ2n) is 16.1. The summed E-state index contributed by atoms with van der Waals surface area (Å²) in [4.78, 5) is 25.4. The molecule has 1 aliphatic heterocycles. The summed E-state index contributed by atoms with van der Waals surface area (Å²) in [5.74, 6) is -2.05. The fourth-order valence-electron chi connectivity index (χ4n) is 6.87. The summed E-state index contributed by atoms with van der Waals surface area (Å²) < 4.78 is 54.0. The van der Waals surface area contributed by atoms with Crippen LogP contribution in [0.25, 0.3) is 0 Å². The van der Waals surface area contributed by atoms with E-state index in [0.717, 1.165) is 38.5 Å². The summed E-state index contributed by atoms with van der Waals surface area (Å²) in [5, 5.41) is 30.9. The molecule has 4 N–H and O–H groups in total. The Bertz CT molecular complexity index is 1240. The number of carbonyl (C=O) groups excluding carboxylic acids is 2. The lowest BCUT2D eigenvalue weighted by Crippen LogP contribution is -2.60. The van der Waals surface area contributed by atoms with Crippen molar-refractivity contribution in [3.8, 4) is 0 Å². The molecule has 1 fully saturated rings. The van der Waals surface area contributed by atoms with Gasteiger partial charge in [0.15, 0.2) is 12.4 Å². The van der Waals surface area contributed by atoms with Crippen LogP contribution in [0, 0.1) is 0 Å². The van der Waals surface area contributed by atoms with Gasteiger partial charge in [-0.2, -0.15) is 8.42 Å². The van der Waals surface area contributed by atoms with Crippen molar-refractivity contribution in [1.82, 2.24) is 0 Å². The molecule has 0 bridgehead atoms. The largest absolute Gasteiger partial charge is 0.462 e. The summed E-state index contributed by atoms with van der Waals surface area (Å²) in [6, 6.07) is 0. The summed E-state index contributed by atoms with van der Waals surface area (Å²) in [7, 11) is -4.61. The lowest BCUT2D eigenvalue weighted by molar-refractivity contribution is -0.297. The fraction of sp³-hybridized carbons (Fsp3) is 0.826. The molecule has 1 rings (SSSR count). The van der Waals surface area contributed by atoms with E-state index < -0.39 is 71.2 Å². The number of rotatable bonds is 38. The van der Waals surface area contributed by atoms with Gasteiger partial charge in [0.25, 0.3) is 10.1 Å². The molecule has 13 heteroatoms. The van der Waals surface area contributed by atoms with Gasteiger partial charge in [0.2, 0.25) is 0 Å². The highest BCUT2D eigenvalue weighted by Gasteiger charge is 2.46. The second kappa shape index (κ2) is 36.5. The van der Waals surface area contributed by atoms with Gasteiger partial charge in [0.05, 0.1) is 6.61 Å². The Kier molecular flexibility index (Phi) is 34.0. The Balaban J connectivity index is 2.48. The quantitative estimate of drug-likeness (QED) is 0.0200. The van der Waals surface area contributed by atoms with Crippen LogP contribution in [0.15, 0.2) is 36.5 Å². The van der Waals surface area contributed by atoms with E-state index in [9.17, 15) is 37.9 Å². The minimum atomic E-state index is -4.61. The smallest absolute Gasteiger partial charge is 0.306 e. The van der Waals surface area contributed by atoms with Crippen molar-refractivity contribution >= 4 is 22.1 Å². The fourth-order valence-corrected chi connectivity index (χ4v) is 7.56. The Morgan fingerprint density at radius 2 is 1.03 bits per heavy atom. The molecule has 344 valence electrons. The number of aliphatic hydroxyl groups is 3. The Morgan fingerprint density at radius 3 is 1.56 bits per heavy atom. The normalized spacial score (nSPS) is 20.5. The van der Waals surface area contributed by atoms with Crippen molar-refractivity contribution in [2.24, 2.45) is 0 Å². The first-order valence-corrected chi connectivity index (χ1v) is 24.7. The summed E-state index contributed by atoms with van der Waals surface area (Å²) >= 11 is 0. The number of hydrogen-bond donors (Lipinski definition) is 4. The molecule has 0 radical (unpaired) electrons. The van der Waals surface area contributed by atoms with Gasteiger partial charge in [-0.1, -0.05) is 166 Å². The maximum Gasteiger partial charge on any atom is 0.306 e. The number of esters is 2. The van der Waals surface area contributed by atoms with Gasteiger partial charge in [0, 0.05) is 12.8 Å². The number of unbranched alkanes of at least 4 members (excludes halogenated alkanes) is 20. The van der Waals surface area contributed by atoms with Crippen LogP contribution in [-0.2, 0) is 38.7 Å². The van der Waals surface area contributed by atoms with Gasteiger partial charge >= 0.3 is 11.9 Å². The molecule has 0 aromatic heterocycles. The molecule has 0 spiro atoms. The average molecular weight is 859 g/mol. The van der Waals surface area contributed by atoms with Gasteiger partial charge in [0.1, 0.15) is 36.8 Å². The summed E-state index contributed by atoms with van der Waals surface area (Å²) in [5.41, 5.74) is 0. The molecule has 59 heavy (non-hydrogen) atoms. The predicted molar refractivity (Wildman–Crippen MR) is 233 cm³/mol. The van der Waals surface area contributed by atoms with E-state index in [4.69, 9.17) is 18.9 Å². The van der Waals surface area contributed by atoms with Gasteiger partial charge in [-0.3, -0.25) is 14.1 Å². The van der Waals surface area contributed by atoms with Crippen molar-refractivity contribution in [2.75, 3.05) is 19.0 Å². The molecule has 0 aromatic carbocycles. The van der Waals surface area contributed by atoms with Crippen LogP contribution in [0.4, 0.5) is 0 Å². The number of carbonyl (C=O) groups is 2. The zero-order valence-corrected chi connectivity index (χ0v) is 37.4. The van der Waals surface area contributed by atoms with E-state index in [0.29, 0.717) is 19.3 Å². The first-order valence-electron chi connectivity index (χ1n) is 23.0. The molecule has 12 nitrogen and oxygen atoms in total. The molecule has 0 amide bonds.